The fraction of sp³-hybridized carbons (Fsp3) is 0.688. The van der Waals surface area contributed by atoms with Crippen molar-refractivity contribution >= 4 is 17.8 Å². The summed E-state index contributed by atoms with van der Waals surface area (Å²) >= 11 is 0. The van der Waals surface area contributed by atoms with E-state index in [9.17, 15) is 19.5 Å². The minimum absolute atomic E-state index is 0.114. The number of aliphatic carboxylic acids is 1. The summed E-state index contributed by atoms with van der Waals surface area (Å²) in [7, 11) is 5.34. The maximum Gasteiger partial charge on any atom is 0.326 e. The molecule has 1 aliphatic heterocycles. The van der Waals surface area contributed by atoms with Crippen molar-refractivity contribution in [2.75, 3.05) is 40.8 Å². The summed E-state index contributed by atoms with van der Waals surface area (Å²) < 4.78 is 0. The molecule has 0 aromatic heterocycles. The van der Waals surface area contributed by atoms with Crippen LogP contribution >= 0.6 is 0 Å². The Bertz CT molecular complexity index is 482. The molecule has 7 heteroatoms. The van der Waals surface area contributed by atoms with Crippen molar-refractivity contribution in [3.05, 3.63) is 12.2 Å². The number of likely N-dealkylation sites (tertiary alicyclic amines) is 1. The van der Waals surface area contributed by atoms with E-state index >= 15 is 0 Å². The molecule has 23 heavy (non-hydrogen) atoms. The summed E-state index contributed by atoms with van der Waals surface area (Å²) in [6.45, 7) is 4.92. The number of carboxylic acids is 1. The Kier molecular flexibility index (Phi) is 6.75. The zero-order valence-corrected chi connectivity index (χ0v) is 14.5. The SMILES string of the molecule is CC(C)[C@@H](C(=O)O)N(C)C(=O)C1CN(C(=O)/C=C/CN(C)C)C1. The summed E-state index contributed by atoms with van der Waals surface area (Å²) in [5, 5.41) is 9.25. The molecule has 0 unspecified atom stereocenters. The molecule has 1 rings (SSSR count). The molecule has 1 heterocycles. The summed E-state index contributed by atoms with van der Waals surface area (Å²) in [5.41, 5.74) is 0. The van der Waals surface area contributed by atoms with Gasteiger partial charge in [-0.2, -0.15) is 0 Å². The first-order valence-electron chi connectivity index (χ1n) is 7.74. The number of amides is 2. The Balaban J connectivity index is 2.52. The maximum atomic E-state index is 12.3. The van der Waals surface area contributed by atoms with Crippen LogP contribution in [0.5, 0.6) is 0 Å². The van der Waals surface area contributed by atoms with Crippen LogP contribution in [0.25, 0.3) is 0 Å². The van der Waals surface area contributed by atoms with Crippen molar-refractivity contribution in [3.63, 3.8) is 0 Å². The van der Waals surface area contributed by atoms with E-state index in [2.05, 4.69) is 0 Å². The number of carbonyl (C=O) groups excluding carboxylic acids is 2. The van der Waals surface area contributed by atoms with Gasteiger partial charge in [-0.15, -0.1) is 0 Å². The normalized spacial score (nSPS) is 16.7. The minimum Gasteiger partial charge on any atom is -0.480 e. The van der Waals surface area contributed by atoms with E-state index in [1.807, 2.05) is 19.0 Å². The van der Waals surface area contributed by atoms with Gasteiger partial charge in [-0.05, 0) is 20.0 Å². The monoisotopic (exact) mass is 325 g/mol. The molecule has 0 aromatic carbocycles. The highest BCUT2D eigenvalue weighted by Gasteiger charge is 2.40. The van der Waals surface area contributed by atoms with Crippen LogP contribution in [-0.2, 0) is 14.4 Å². The van der Waals surface area contributed by atoms with Gasteiger partial charge in [0.05, 0.1) is 5.92 Å². The first-order chi connectivity index (χ1) is 10.6. The molecule has 1 N–H and O–H groups in total. The van der Waals surface area contributed by atoms with Gasteiger partial charge in [-0.3, -0.25) is 9.59 Å². The molecular weight excluding hydrogens is 298 g/mol. The number of rotatable bonds is 7. The van der Waals surface area contributed by atoms with E-state index < -0.39 is 12.0 Å². The highest BCUT2D eigenvalue weighted by molar-refractivity contribution is 5.91. The number of nitrogens with zero attached hydrogens (tertiary/aromatic N) is 3. The molecule has 0 saturated carbocycles. The van der Waals surface area contributed by atoms with E-state index in [1.165, 1.54) is 18.0 Å². The van der Waals surface area contributed by atoms with Crippen molar-refractivity contribution in [1.82, 2.24) is 14.7 Å². The van der Waals surface area contributed by atoms with Crippen molar-refractivity contribution in [3.8, 4) is 0 Å². The van der Waals surface area contributed by atoms with Gasteiger partial charge in [0.15, 0.2) is 0 Å². The van der Waals surface area contributed by atoms with Crippen molar-refractivity contribution in [2.24, 2.45) is 11.8 Å². The first kappa shape index (κ1) is 19.2. The molecule has 0 aromatic rings. The van der Waals surface area contributed by atoms with Gasteiger partial charge in [0.1, 0.15) is 6.04 Å². The molecular formula is C16H27N3O4. The predicted octanol–water partition coefficient (Wildman–Crippen LogP) is 0.130. The smallest absolute Gasteiger partial charge is 0.326 e. The van der Waals surface area contributed by atoms with Crippen LogP contribution in [0.2, 0.25) is 0 Å². The van der Waals surface area contributed by atoms with Crippen LogP contribution in [0.3, 0.4) is 0 Å². The van der Waals surface area contributed by atoms with Gasteiger partial charge < -0.3 is 19.8 Å². The number of likely N-dealkylation sites (N-methyl/N-ethyl adjacent to an activating group) is 2. The van der Waals surface area contributed by atoms with E-state index in [4.69, 9.17) is 0 Å². The molecule has 7 nitrogen and oxygen atoms in total. The third-order valence-corrected chi connectivity index (χ3v) is 3.92. The lowest BCUT2D eigenvalue weighted by molar-refractivity contribution is -0.156. The van der Waals surface area contributed by atoms with Crippen LogP contribution in [-0.4, -0.2) is 84.4 Å². The Hall–Kier alpha value is -1.89. The number of carboxylic acid groups (broad SMARTS) is 1. The van der Waals surface area contributed by atoms with Crippen LogP contribution in [0.1, 0.15) is 13.8 Å². The Labute approximate surface area is 137 Å². The molecule has 130 valence electrons. The van der Waals surface area contributed by atoms with Crippen molar-refractivity contribution < 1.29 is 19.5 Å². The van der Waals surface area contributed by atoms with Crippen LogP contribution in [0.4, 0.5) is 0 Å². The first-order valence-corrected chi connectivity index (χ1v) is 7.74. The molecule has 2 amide bonds. The van der Waals surface area contributed by atoms with Gasteiger partial charge in [-0.25, -0.2) is 4.79 Å². The Morgan fingerprint density at radius 2 is 1.78 bits per heavy atom. The zero-order valence-electron chi connectivity index (χ0n) is 14.5. The van der Waals surface area contributed by atoms with E-state index in [-0.39, 0.29) is 23.7 Å². The fourth-order valence-corrected chi connectivity index (χ4v) is 2.61. The van der Waals surface area contributed by atoms with Gasteiger partial charge in [0, 0.05) is 32.8 Å². The Morgan fingerprint density at radius 3 is 2.22 bits per heavy atom. The maximum absolute atomic E-state index is 12.3. The molecule has 0 bridgehead atoms. The predicted molar refractivity (Wildman–Crippen MR) is 86.8 cm³/mol. The largest absolute Gasteiger partial charge is 0.480 e. The van der Waals surface area contributed by atoms with Gasteiger partial charge >= 0.3 is 5.97 Å². The van der Waals surface area contributed by atoms with Crippen LogP contribution in [0.15, 0.2) is 12.2 Å². The van der Waals surface area contributed by atoms with Crippen molar-refractivity contribution in [2.45, 2.75) is 19.9 Å². The quantitative estimate of drug-likeness (QED) is 0.673. The summed E-state index contributed by atoms with van der Waals surface area (Å²) in [6, 6.07) is -0.841. The second-order valence-corrected chi connectivity index (χ2v) is 6.58. The highest BCUT2D eigenvalue weighted by atomic mass is 16.4. The van der Waals surface area contributed by atoms with Gasteiger partial charge in [0.25, 0.3) is 0 Å². The van der Waals surface area contributed by atoms with Gasteiger partial charge in [0.2, 0.25) is 11.8 Å². The second kappa shape index (κ2) is 8.10. The average Bonchev–Trinajstić information content (AvgIpc) is 2.35. The molecule has 1 saturated heterocycles. The third kappa shape index (κ3) is 5.06. The lowest BCUT2D eigenvalue weighted by atomic mass is 9.95. The number of carbonyl (C=O) groups is 3. The second-order valence-electron chi connectivity index (χ2n) is 6.58. The summed E-state index contributed by atoms with van der Waals surface area (Å²) in [6.07, 6.45) is 3.29. The zero-order chi connectivity index (χ0) is 17.7. The topological polar surface area (TPSA) is 81.2 Å². The molecule has 0 radical (unpaired) electrons. The Morgan fingerprint density at radius 1 is 1.22 bits per heavy atom. The van der Waals surface area contributed by atoms with E-state index in [1.54, 1.807) is 24.8 Å². The van der Waals surface area contributed by atoms with E-state index in [0.717, 1.165) is 0 Å². The third-order valence-electron chi connectivity index (χ3n) is 3.92. The molecule has 1 fully saturated rings. The number of hydrogen-bond acceptors (Lipinski definition) is 4. The van der Waals surface area contributed by atoms with Gasteiger partial charge in [-0.1, -0.05) is 19.9 Å². The number of hydrogen-bond donors (Lipinski definition) is 1. The standard InChI is InChI=1S/C16H27N3O4/c1-11(2)14(16(22)23)18(5)15(21)12-9-19(10-12)13(20)7-6-8-17(3)4/h6-7,11-12,14H,8-10H2,1-5H3,(H,22,23)/b7-6+/t14-/m0/s1. The summed E-state index contributed by atoms with van der Waals surface area (Å²) in [4.78, 5) is 40.4. The lowest BCUT2D eigenvalue weighted by Crippen LogP contribution is -2.58. The van der Waals surface area contributed by atoms with Crippen LogP contribution < -0.4 is 0 Å². The molecule has 0 spiro atoms. The fourth-order valence-electron chi connectivity index (χ4n) is 2.61. The lowest BCUT2D eigenvalue weighted by Gasteiger charge is -2.41. The summed E-state index contributed by atoms with van der Waals surface area (Å²) in [5.74, 6) is -1.82. The van der Waals surface area contributed by atoms with Crippen LogP contribution in [0, 0.1) is 11.8 Å². The molecule has 1 aliphatic rings. The molecule has 1 atom stereocenters. The average molecular weight is 325 g/mol. The highest BCUT2D eigenvalue weighted by Crippen LogP contribution is 2.21. The van der Waals surface area contributed by atoms with Crippen molar-refractivity contribution in [1.29, 1.82) is 0 Å². The minimum atomic E-state index is -1.00. The molecule has 0 aliphatic carbocycles. The van der Waals surface area contributed by atoms with E-state index in [0.29, 0.717) is 19.6 Å².